The van der Waals surface area contributed by atoms with Crippen molar-refractivity contribution in [2.45, 2.75) is 13.0 Å². The molecule has 0 heterocycles. The highest BCUT2D eigenvalue weighted by atomic mass is 79.9. The van der Waals surface area contributed by atoms with Crippen LogP contribution in [0.2, 0.25) is 0 Å². The second kappa shape index (κ2) is 3.87. The van der Waals surface area contributed by atoms with Gasteiger partial charge in [-0.1, -0.05) is 28.1 Å². The number of aryl methyl sites for hydroxylation is 1. The molecule has 2 N–H and O–H groups in total. The van der Waals surface area contributed by atoms with Crippen LogP contribution in [0.15, 0.2) is 35.3 Å². The Balaban J connectivity index is 3.08. The van der Waals surface area contributed by atoms with Crippen LogP contribution in [0.5, 0.6) is 0 Å². The van der Waals surface area contributed by atoms with Crippen molar-refractivity contribution in [2.75, 3.05) is 0 Å². The molecule has 0 bridgehead atoms. The molecule has 1 aromatic carbocycles. The fourth-order valence-corrected chi connectivity index (χ4v) is 1.72. The molecule has 1 nitrogen and oxygen atoms in total. The van der Waals surface area contributed by atoms with Crippen LogP contribution in [0.4, 0.5) is 0 Å². The van der Waals surface area contributed by atoms with Crippen LogP contribution in [0, 0.1) is 6.92 Å². The maximum Gasteiger partial charge on any atom is 0.0479 e. The van der Waals surface area contributed by atoms with E-state index in [1.165, 1.54) is 5.56 Å². The molecule has 1 rings (SSSR count). The van der Waals surface area contributed by atoms with E-state index in [1.54, 1.807) is 6.08 Å². The van der Waals surface area contributed by atoms with Crippen molar-refractivity contribution in [3.8, 4) is 0 Å². The van der Waals surface area contributed by atoms with Gasteiger partial charge in [0.25, 0.3) is 0 Å². The highest BCUT2D eigenvalue weighted by molar-refractivity contribution is 9.10. The SMILES string of the molecule is C=CC(N)c1cc(C)cc(Br)c1. The number of hydrogen-bond donors (Lipinski definition) is 1. The van der Waals surface area contributed by atoms with E-state index in [2.05, 4.69) is 34.6 Å². The Morgan fingerprint density at radius 1 is 1.50 bits per heavy atom. The molecule has 0 saturated heterocycles. The van der Waals surface area contributed by atoms with Gasteiger partial charge in [0, 0.05) is 10.5 Å². The Hall–Kier alpha value is -0.600. The monoisotopic (exact) mass is 225 g/mol. The summed E-state index contributed by atoms with van der Waals surface area (Å²) in [6, 6.07) is 6.07. The molecule has 1 aromatic rings. The summed E-state index contributed by atoms with van der Waals surface area (Å²) in [6.07, 6.45) is 1.74. The van der Waals surface area contributed by atoms with Crippen molar-refractivity contribution in [3.63, 3.8) is 0 Å². The van der Waals surface area contributed by atoms with Gasteiger partial charge in [-0.3, -0.25) is 0 Å². The number of halogens is 1. The number of rotatable bonds is 2. The largest absolute Gasteiger partial charge is 0.321 e. The van der Waals surface area contributed by atoms with Crippen molar-refractivity contribution in [1.29, 1.82) is 0 Å². The second-order valence-electron chi connectivity index (χ2n) is 2.82. The zero-order valence-electron chi connectivity index (χ0n) is 7.05. The Kier molecular flexibility index (Phi) is 3.06. The standard InChI is InChI=1S/C10H12BrN/c1-3-10(12)8-4-7(2)5-9(11)6-8/h3-6,10H,1,12H2,2H3. The minimum Gasteiger partial charge on any atom is -0.321 e. The summed E-state index contributed by atoms with van der Waals surface area (Å²) in [6.45, 7) is 5.70. The number of benzene rings is 1. The van der Waals surface area contributed by atoms with E-state index in [0.29, 0.717) is 0 Å². The first kappa shape index (κ1) is 9.49. The topological polar surface area (TPSA) is 26.0 Å². The summed E-state index contributed by atoms with van der Waals surface area (Å²) in [4.78, 5) is 0. The quantitative estimate of drug-likeness (QED) is 0.771. The van der Waals surface area contributed by atoms with Crippen LogP contribution in [0.3, 0.4) is 0 Å². The van der Waals surface area contributed by atoms with Crippen LogP contribution >= 0.6 is 15.9 Å². The summed E-state index contributed by atoms with van der Waals surface area (Å²) < 4.78 is 1.06. The maximum absolute atomic E-state index is 5.79. The lowest BCUT2D eigenvalue weighted by atomic mass is 10.1. The van der Waals surface area contributed by atoms with E-state index in [1.807, 2.05) is 13.0 Å². The predicted octanol–water partition coefficient (Wildman–Crippen LogP) is 2.94. The van der Waals surface area contributed by atoms with Gasteiger partial charge >= 0.3 is 0 Å². The van der Waals surface area contributed by atoms with Gasteiger partial charge in [0.2, 0.25) is 0 Å². The lowest BCUT2D eigenvalue weighted by molar-refractivity contribution is 0.911. The van der Waals surface area contributed by atoms with Crippen molar-refractivity contribution < 1.29 is 0 Å². The summed E-state index contributed by atoms with van der Waals surface area (Å²) in [5, 5.41) is 0. The van der Waals surface area contributed by atoms with Crippen LogP contribution in [-0.4, -0.2) is 0 Å². The Morgan fingerprint density at radius 3 is 2.67 bits per heavy atom. The molecule has 0 fully saturated rings. The zero-order valence-corrected chi connectivity index (χ0v) is 8.64. The smallest absolute Gasteiger partial charge is 0.0479 e. The molecule has 1 unspecified atom stereocenters. The molecule has 0 radical (unpaired) electrons. The molecule has 64 valence electrons. The van der Waals surface area contributed by atoms with Crippen molar-refractivity contribution in [3.05, 3.63) is 46.5 Å². The number of hydrogen-bond acceptors (Lipinski definition) is 1. The third-order valence-corrected chi connectivity index (χ3v) is 2.16. The van der Waals surface area contributed by atoms with Gasteiger partial charge in [-0.25, -0.2) is 0 Å². The average Bonchev–Trinajstić information content (AvgIpc) is 2.01. The van der Waals surface area contributed by atoms with Crippen molar-refractivity contribution >= 4 is 15.9 Å². The van der Waals surface area contributed by atoms with Crippen LogP contribution in [0.1, 0.15) is 17.2 Å². The van der Waals surface area contributed by atoms with Gasteiger partial charge < -0.3 is 5.73 Å². The van der Waals surface area contributed by atoms with Crippen molar-refractivity contribution in [2.24, 2.45) is 5.73 Å². The molecular weight excluding hydrogens is 214 g/mol. The second-order valence-corrected chi connectivity index (χ2v) is 3.74. The summed E-state index contributed by atoms with van der Waals surface area (Å²) in [7, 11) is 0. The summed E-state index contributed by atoms with van der Waals surface area (Å²) in [5.41, 5.74) is 8.09. The first-order valence-electron chi connectivity index (χ1n) is 3.78. The first-order chi connectivity index (χ1) is 5.63. The minimum absolute atomic E-state index is 0.0683. The van der Waals surface area contributed by atoms with E-state index < -0.39 is 0 Å². The molecule has 12 heavy (non-hydrogen) atoms. The van der Waals surface area contributed by atoms with Crippen LogP contribution < -0.4 is 5.73 Å². The van der Waals surface area contributed by atoms with Gasteiger partial charge in [-0.05, 0) is 30.2 Å². The summed E-state index contributed by atoms with van der Waals surface area (Å²) >= 11 is 3.42. The lowest BCUT2D eigenvalue weighted by Crippen LogP contribution is -2.06. The molecule has 0 aliphatic carbocycles. The van der Waals surface area contributed by atoms with E-state index in [-0.39, 0.29) is 6.04 Å². The zero-order chi connectivity index (χ0) is 9.14. The van der Waals surface area contributed by atoms with Gasteiger partial charge in [0.15, 0.2) is 0 Å². The molecule has 1 atom stereocenters. The van der Waals surface area contributed by atoms with Gasteiger partial charge in [0.05, 0.1) is 0 Å². The minimum atomic E-state index is -0.0683. The molecule has 0 amide bonds. The highest BCUT2D eigenvalue weighted by Crippen LogP contribution is 2.19. The number of nitrogens with two attached hydrogens (primary N) is 1. The third-order valence-electron chi connectivity index (χ3n) is 1.70. The normalized spacial score (nSPS) is 12.6. The van der Waals surface area contributed by atoms with Gasteiger partial charge in [0.1, 0.15) is 0 Å². The summed E-state index contributed by atoms with van der Waals surface area (Å²) in [5.74, 6) is 0. The molecule has 0 aliphatic heterocycles. The maximum atomic E-state index is 5.79. The molecule has 0 aromatic heterocycles. The highest BCUT2D eigenvalue weighted by Gasteiger charge is 2.01. The predicted molar refractivity (Wildman–Crippen MR) is 56.0 cm³/mol. The van der Waals surface area contributed by atoms with E-state index in [9.17, 15) is 0 Å². The van der Waals surface area contributed by atoms with Gasteiger partial charge in [-0.2, -0.15) is 0 Å². The molecule has 0 aliphatic rings. The van der Waals surface area contributed by atoms with Crippen molar-refractivity contribution in [1.82, 2.24) is 0 Å². The Labute approximate surface area is 81.4 Å². The molecule has 0 saturated carbocycles. The van der Waals surface area contributed by atoms with E-state index in [4.69, 9.17) is 5.73 Å². The third kappa shape index (κ3) is 2.19. The molecular formula is C10H12BrN. The fourth-order valence-electron chi connectivity index (χ4n) is 1.09. The lowest BCUT2D eigenvalue weighted by Gasteiger charge is -2.07. The molecule has 0 spiro atoms. The van der Waals surface area contributed by atoms with E-state index >= 15 is 0 Å². The van der Waals surface area contributed by atoms with Crippen LogP contribution in [-0.2, 0) is 0 Å². The fraction of sp³-hybridized carbons (Fsp3) is 0.200. The van der Waals surface area contributed by atoms with Crippen LogP contribution in [0.25, 0.3) is 0 Å². The first-order valence-corrected chi connectivity index (χ1v) is 4.58. The van der Waals surface area contributed by atoms with Gasteiger partial charge in [-0.15, -0.1) is 6.58 Å². The average molecular weight is 226 g/mol. The molecule has 2 heteroatoms. The van der Waals surface area contributed by atoms with E-state index in [0.717, 1.165) is 10.0 Å². The Morgan fingerprint density at radius 2 is 2.17 bits per heavy atom. The Bertz CT molecular complexity index is 274.